The van der Waals surface area contributed by atoms with E-state index in [-0.39, 0.29) is 0 Å². The molecule has 2 nitrogen and oxygen atoms in total. The third-order valence-corrected chi connectivity index (χ3v) is 4.56. The minimum atomic E-state index is 0.765. The Morgan fingerprint density at radius 3 is 2.56 bits per heavy atom. The van der Waals surface area contributed by atoms with Crippen LogP contribution in [0.4, 0.5) is 0 Å². The molecule has 1 N–H and O–H groups in total. The molecular formula is C14H28N2. The maximum atomic E-state index is 3.62. The normalized spacial score (nSPS) is 33.9. The van der Waals surface area contributed by atoms with E-state index < -0.39 is 0 Å². The Morgan fingerprint density at radius 2 is 1.94 bits per heavy atom. The molecule has 2 fully saturated rings. The standard InChI is InChI=1S/C14H28N2/c1-11-7-9-16(10-12(11)2)13(3)6-8-15-14-4-5-14/h11-15H,4-10H2,1-3H3. The third-order valence-electron chi connectivity index (χ3n) is 4.56. The van der Waals surface area contributed by atoms with Gasteiger partial charge in [-0.2, -0.15) is 0 Å². The first-order chi connectivity index (χ1) is 7.66. The fraction of sp³-hybridized carbons (Fsp3) is 1.00. The van der Waals surface area contributed by atoms with E-state index in [1.54, 1.807) is 0 Å². The van der Waals surface area contributed by atoms with E-state index in [0.29, 0.717) is 0 Å². The molecule has 1 saturated heterocycles. The number of likely N-dealkylation sites (tertiary alicyclic amines) is 1. The maximum absolute atomic E-state index is 3.62. The van der Waals surface area contributed by atoms with E-state index in [9.17, 15) is 0 Å². The van der Waals surface area contributed by atoms with Crippen molar-refractivity contribution in [1.82, 2.24) is 10.2 Å². The van der Waals surface area contributed by atoms with Crippen LogP contribution in [0.5, 0.6) is 0 Å². The lowest BCUT2D eigenvalue weighted by atomic mass is 9.88. The molecule has 1 saturated carbocycles. The van der Waals surface area contributed by atoms with Gasteiger partial charge in [-0.25, -0.2) is 0 Å². The molecule has 3 atom stereocenters. The van der Waals surface area contributed by atoms with Gasteiger partial charge in [0.15, 0.2) is 0 Å². The summed E-state index contributed by atoms with van der Waals surface area (Å²) in [4.78, 5) is 2.69. The summed E-state index contributed by atoms with van der Waals surface area (Å²) >= 11 is 0. The predicted molar refractivity (Wildman–Crippen MR) is 69.6 cm³/mol. The largest absolute Gasteiger partial charge is 0.314 e. The molecule has 0 spiro atoms. The van der Waals surface area contributed by atoms with E-state index in [0.717, 1.165) is 23.9 Å². The highest BCUT2D eigenvalue weighted by Crippen LogP contribution is 2.24. The first-order valence-electron chi connectivity index (χ1n) is 7.14. The predicted octanol–water partition coefficient (Wildman–Crippen LogP) is 2.49. The average Bonchev–Trinajstić information content (AvgIpc) is 3.06. The van der Waals surface area contributed by atoms with Crippen LogP contribution in [-0.4, -0.2) is 36.6 Å². The van der Waals surface area contributed by atoms with Gasteiger partial charge in [0, 0.05) is 18.6 Å². The van der Waals surface area contributed by atoms with Crippen LogP contribution < -0.4 is 5.32 Å². The Morgan fingerprint density at radius 1 is 1.19 bits per heavy atom. The van der Waals surface area contributed by atoms with E-state index in [1.807, 2.05) is 0 Å². The second kappa shape index (κ2) is 5.50. The molecular weight excluding hydrogens is 196 g/mol. The van der Waals surface area contributed by atoms with Crippen LogP contribution in [-0.2, 0) is 0 Å². The SMILES string of the molecule is CC1CCN(C(C)CCNC2CC2)CC1C. The summed E-state index contributed by atoms with van der Waals surface area (Å²) in [7, 11) is 0. The van der Waals surface area contributed by atoms with Gasteiger partial charge in [0.05, 0.1) is 0 Å². The molecule has 1 aliphatic heterocycles. The zero-order valence-corrected chi connectivity index (χ0v) is 11.2. The van der Waals surface area contributed by atoms with Gasteiger partial charge in [-0.15, -0.1) is 0 Å². The Bertz CT molecular complexity index is 213. The number of hydrogen-bond donors (Lipinski definition) is 1. The van der Waals surface area contributed by atoms with Crippen molar-refractivity contribution in [3.8, 4) is 0 Å². The van der Waals surface area contributed by atoms with Crippen molar-refractivity contribution >= 4 is 0 Å². The van der Waals surface area contributed by atoms with Crippen molar-refractivity contribution < 1.29 is 0 Å². The molecule has 2 heteroatoms. The van der Waals surface area contributed by atoms with E-state index >= 15 is 0 Å². The smallest absolute Gasteiger partial charge is 0.00791 e. The summed E-state index contributed by atoms with van der Waals surface area (Å²) in [6.45, 7) is 11.1. The van der Waals surface area contributed by atoms with Gasteiger partial charge in [0.2, 0.25) is 0 Å². The second-order valence-corrected chi connectivity index (χ2v) is 6.10. The van der Waals surface area contributed by atoms with Gasteiger partial charge in [0.1, 0.15) is 0 Å². The van der Waals surface area contributed by atoms with Crippen molar-refractivity contribution in [2.24, 2.45) is 11.8 Å². The van der Waals surface area contributed by atoms with Crippen LogP contribution in [0.2, 0.25) is 0 Å². The molecule has 3 unspecified atom stereocenters. The minimum Gasteiger partial charge on any atom is -0.314 e. The average molecular weight is 224 g/mol. The molecule has 0 aromatic carbocycles. The fourth-order valence-electron chi connectivity index (χ4n) is 2.66. The van der Waals surface area contributed by atoms with Crippen molar-refractivity contribution in [1.29, 1.82) is 0 Å². The molecule has 0 amide bonds. The van der Waals surface area contributed by atoms with Gasteiger partial charge in [0.25, 0.3) is 0 Å². The van der Waals surface area contributed by atoms with Crippen LogP contribution >= 0.6 is 0 Å². The minimum absolute atomic E-state index is 0.765. The summed E-state index contributed by atoms with van der Waals surface area (Å²) in [6, 6.07) is 1.63. The van der Waals surface area contributed by atoms with Crippen LogP contribution in [0.15, 0.2) is 0 Å². The summed E-state index contributed by atoms with van der Waals surface area (Å²) in [5.74, 6) is 1.81. The second-order valence-electron chi connectivity index (χ2n) is 6.10. The van der Waals surface area contributed by atoms with Gasteiger partial charge in [-0.05, 0) is 57.5 Å². The van der Waals surface area contributed by atoms with Gasteiger partial charge < -0.3 is 10.2 Å². The van der Waals surface area contributed by atoms with Crippen LogP contribution in [0.3, 0.4) is 0 Å². The zero-order valence-electron chi connectivity index (χ0n) is 11.2. The lowest BCUT2D eigenvalue weighted by Crippen LogP contribution is -2.44. The molecule has 16 heavy (non-hydrogen) atoms. The van der Waals surface area contributed by atoms with Gasteiger partial charge in [-0.3, -0.25) is 0 Å². The Balaban J connectivity index is 1.65. The first-order valence-corrected chi connectivity index (χ1v) is 7.14. The van der Waals surface area contributed by atoms with E-state index in [1.165, 1.54) is 45.3 Å². The highest BCUT2D eigenvalue weighted by molar-refractivity contribution is 4.83. The van der Waals surface area contributed by atoms with Crippen molar-refractivity contribution in [2.45, 2.75) is 58.5 Å². The Kier molecular flexibility index (Phi) is 4.26. The molecule has 0 radical (unpaired) electrons. The van der Waals surface area contributed by atoms with E-state index in [4.69, 9.17) is 0 Å². The van der Waals surface area contributed by atoms with Gasteiger partial charge >= 0.3 is 0 Å². The van der Waals surface area contributed by atoms with Crippen LogP contribution in [0.1, 0.15) is 46.5 Å². The Hall–Kier alpha value is -0.0800. The quantitative estimate of drug-likeness (QED) is 0.772. The highest BCUT2D eigenvalue weighted by atomic mass is 15.2. The fourth-order valence-corrected chi connectivity index (χ4v) is 2.66. The number of nitrogens with zero attached hydrogens (tertiary/aromatic N) is 1. The monoisotopic (exact) mass is 224 g/mol. The van der Waals surface area contributed by atoms with Crippen molar-refractivity contribution in [3.05, 3.63) is 0 Å². The van der Waals surface area contributed by atoms with Gasteiger partial charge in [-0.1, -0.05) is 13.8 Å². The number of nitrogens with one attached hydrogen (secondary N) is 1. The van der Waals surface area contributed by atoms with Crippen LogP contribution in [0.25, 0.3) is 0 Å². The number of hydrogen-bond acceptors (Lipinski definition) is 2. The lowest BCUT2D eigenvalue weighted by molar-refractivity contribution is 0.0986. The third kappa shape index (κ3) is 3.46. The highest BCUT2D eigenvalue weighted by Gasteiger charge is 2.26. The zero-order chi connectivity index (χ0) is 11.5. The summed E-state index contributed by atoms with van der Waals surface area (Å²) in [5.41, 5.74) is 0. The molecule has 0 aromatic rings. The van der Waals surface area contributed by atoms with Crippen molar-refractivity contribution in [2.75, 3.05) is 19.6 Å². The maximum Gasteiger partial charge on any atom is 0.00791 e. The summed E-state index contributed by atoms with van der Waals surface area (Å²) < 4.78 is 0. The molecule has 94 valence electrons. The lowest BCUT2D eigenvalue weighted by Gasteiger charge is -2.39. The van der Waals surface area contributed by atoms with Crippen LogP contribution in [0, 0.1) is 11.8 Å². The molecule has 2 rings (SSSR count). The number of rotatable bonds is 5. The molecule has 0 aromatic heterocycles. The van der Waals surface area contributed by atoms with E-state index in [2.05, 4.69) is 31.0 Å². The molecule has 2 aliphatic rings. The topological polar surface area (TPSA) is 15.3 Å². The Labute approximate surface area is 101 Å². The van der Waals surface area contributed by atoms with Crippen molar-refractivity contribution in [3.63, 3.8) is 0 Å². The molecule has 1 aliphatic carbocycles. The molecule has 1 heterocycles. The summed E-state index contributed by atoms with van der Waals surface area (Å²) in [5, 5.41) is 3.62. The molecule has 0 bridgehead atoms. The first kappa shape index (κ1) is 12.4. The summed E-state index contributed by atoms with van der Waals surface area (Å²) in [6.07, 6.45) is 5.53. The number of piperidine rings is 1.